The van der Waals surface area contributed by atoms with Crippen molar-refractivity contribution in [2.45, 2.75) is 51.9 Å². The third-order valence-electron chi connectivity index (χ3n) is 5.25. The number of hydrogen-bond donors (Lipinski definition) is 1. The van der Waals surface area contributed by atoms with E-state index < -0.39 is 0 Å². The SMILES string of the molecule is CCCCCNc1c2c(c(C#N)c3nc4ccccc4n13)CCCC2. The minimum atomic E-state index is 0.769. The fourth-order valence-corrected chi connectivity index (χ4v) is 4.02. The van der Waals surface area contributed by atoms with Crippen LogP contribution in [0.4, 0.5) is 5.82 Å². The Bertz CT molecular complexity index is 962. The molecule has 0 amide bonds. The van der Waals surface area contributed by atoms with Gasteiger partial charge in [0.15, 0.2) is 5.65 Å². The van der Waals surface area contributed by atoms with Gasteiger partial charge in [-0.2, -0.15) is 5.26 Å². The second-order valence-corrected chi connectivity index (χ2v) is 6.89. The van der Waals surface area contributed by atoms with Gasteiger partial charge in [-0.25, -0.2) is 4.98 Å². The van der Waals surface area contributed by atoms with Crippen LogP contribution in [0.2, 0.25) is 0 Å². The van der Waals surface area contributed by atoms with Crippen LogP contribution in [0.3, 0.4) is 0 Å². The topological polar surface area (TPSA) is 53.1 Å². The Hall–Kier alpha value is -2.54. The van der Waals surface area contributed by atoms with Crippen LogP contribution in [0.1, 0.15) is 55.7 Å². The summed E-state index contributed by atoms with van der Waals surface area (Å²) < 4.78 is 2.18. The van der Waals surface area contributed by atoms with Crippen LogP contribution in [0.25, 0.3) is 16.7 Å². The molecule has 0 saturated heterocycles. The average Bonchev–Trinajstić information content (AvgIpc) is 3.03. The van der Waals surface area contributed by atoms with Gasteiger partial charge in [0, 0.05) is 6.54 Å². The first kappa shape index (κ1) is 16.0. The number of para-hydroxylation sites is 2. The third-order valence-corrected chi connectivity index (χ3v) is 5.25. The zero-order chi connectivity index (χ0) is 17.2. The van der Waals surface area contributed by atoms with Gasteiger partial charge in [0.1, 0.15) is 11.9 Å². The minimum absolute atomic E-state index is 0.769. The predicted octanol–water partition coefficient (Wildman–Crippen LogP) is 4.84. The molecule has 0 bridgehead atoms. The van der Waals surface area contributed by atoms with Crippen molar-refractivity contribution >= 4 is 22.5 Å². The highest BCUT2D eigenvalue weighted by molar-refractivity contribution is 5.86. The molecule has 0 saturated carbocycles. The normalized spacial score (nSPS) is 13.8. The largest absolute Gasteiger partial charge is 0.371 e. The highest BCUT2D eigenvalue weighted by atomic mass is 15.1. The fourth-order valence-electron chi connectivity index (χ4n) is 4.02. The summed E-state index contributed by atoms with van der Waals surface area (Å²) in [5.74, 6) is 1.16. The molecular weight excluding hydrogens is 308 g/mol. The van der Waals surface area contributed by atoms with E-state index in [2.05, 4.69) is 28.8 Å². The number of fused-ring (bicyclic) bond motifs is 4. The number of imidazole rings is 1. The van der Waals surface area contributed by atoms with Gasteiger partial charge in [-0.3, -0.25) is 4.40 Å². The third kappa shape index (κ3) is 2.64. The Kier molecular flexibility index (Phi) is 4.31. The molecule has 4 nitrogen and oxygen atoms in total. The second-order valence-electron chi connectivity index (χ2n) is 6.89. The number of nitriles is 1. The predicted molar refractivity (Wildman–Crippen MR) is 102 cm³/mol. The van der Waals surface area contributed by atoms with E-state index in [1.165, 1.54) is 36.8 Å². The molecule has 1 aliphatic rings. The zero-order valence-electron chi connectivity index (χ0n) is 14.8. The van der Waals surface area contributed by atoms with Gasteiger partial charge in [0.05, 0.1) is 16.6 Å². The van der Waals surface area contributed by atoms with Crippen molar-refractivity contribution in [3.8, 4) is 6.07 Å². The standard InChI is InChI=1S/C21H24N4/c1-2-3-8-13-23-20-16-10-5-4-9-15(16)17(14-22)21-24-18-11-6-7-12-19(18)25(20)21/h6-7,11-12,23H,2-5,8-10,13H2,1H3. The first-order valence-electron chi connectivity index (χ1n) is 9.44. The number of pyridine rings is 1. The molecule has 4 rings (SSSR count). The summed E-state index contributed by atoms with van der Waals surface area (Å²) >= 11 is 0. The Morgan fingerprint density at radius 2 is 1.96 bits per heavy atom. The Balaban J connectivity index is 1.97. The Morgan fingerprint density at radius 1 is 1.16 bits per heavy atom. The molecule has 0 radical (unpaired) electrons. The number of aromatic nitrogens is 2. The van der Waals surface area contributed by atoms with Crippen molar-refractivity contribution in [1.29, 1.82) is 5.26 Å². The van der Waals surface area contributed by atoms with Crippen LogP contribution < -0.4 is 5.32 Å². The number of unbranched alkanes of at least 4 members (excludes halogenated alkanes) is 2. The summed E-state index contributed by atoms with van der Waals surface area (Å²) in [6, 6.07) is 10.6. The summed E-state index contributed by atoms with van der Waals surface area (Å²) in [5.41, 5.74) is 6.16. The first-order chi connectivity index (χ1) is 12.3. The number of nitrogens with one attached hydrogen (secondary N) is 1. The summed E-state index contributed by atoms with van der Waals surface area (Å²) in [5, 5.41) is 13.5. The van der Waals surface area contributed by atoms with E-state index in [0.29, 0.717) is 0 Å². The van der Waals surface area contributed by atoms with Crippen molar-refractivity contribution in [3.63, 3.8) is 0 Å². The molecular formula is C21H24N4. The molecule has 0 aliphatic heterocycles. The molecule has 0 spiro atoms. The summed E-state index contributed by atoms with van der Waals surface area (Å²) in [7, 11) is 0. The van der Waals surface area contributed by atoms with Crippen molar-refractivity contribution < 1.29 is 0 Å². The Labute approximate surface area is 148 Å². The van der Waals surface area contributed by atoms with E-state index in [0.717, 1.165) is 53.9 Å². The number of benzene rings is 1. The molecule has 2 aromatic heterocycles. The molecule has 0 unspecified atom stereocenters. The smallest absolute Gasteiger partial charge is 0.157 e. The van der Waals surface area contributed by atoms with Gasteiger partial charge in [-0.1, -0.05) is 31.9 Å². The van der Waals surface area contributed by atoms with Crippen molar-refractivity contribution in [1.82, 2.24) is 9.38 Å². The maximum Gasteiger partial charge on any atom is 0.157 e. The van der Waals surface area contributed by atoms with E-state index in [1.54, 1.807) is 0 Å². The highest BCUT2D eigenvalue weighted by Crippen LogP contribution is 2.35. The van der Waals surface area contributed by atoms with E-state index in [4.69, 9.17) is 4.98 Å². The van der Waals surface area contributed by atoms with Gasteiger partial charge in [-0.15, -0.1) is 0 Å². The van der Waals surface area contributed by atoms with E-state index in [9.17, 15) is 5.26 Å². The fraction of sp³-hybridized carbons (Fsp3) is 0.429. The van der Waals surface area contributed by atoms with Crippen LogP contribution in [0.15, 0.2) is 24.3 Å². The van der Waals surface area contributed by atoms with Crippen LogP contribution in [0, 0.1) is 11.3 Å². The van der Waals surface area contributed by atoms with Crippen molar-refractivity contribution in [2.75, 3.05) is 11.9 Å². The summed E-state index contributed by atoms with van der Waals surface area (Å²) in [6.07, 6.45) is 8.01. The Morgan fingerprint density at radius 3 is 2.76 bits per heavy atom. The highest BCUT2D eigenvalue weighted by Gasteiger charge is 2.24. The maximum atomic E-state index is 9.83. The number of rotatable bonds is 5. The van der Waals surface area contributed by atoms with Crippen molar-refractivity contribution in [3.05, 3.63) is 41.0 Å². The maximum absolute atomic E-state index is 9.83. The number of hydrogen-bond acceptors (Lipinski definition) is 3. The molecule has 128 valence electrons. The monoisotopic (exact) mass is 332 g/mol. The molecule has 25 heavy (non-hydrogen) atoms. The molecule has 2 heterocycles. The van der Waals surface area contributed by atoms with E-state index in [-0.39, 0.29) is 0 Å². The van der Waals surface area contributed by atoms with Crippen LogP contribution in [0.5, 0.6) is 0 Å². The zero-order valence-corrected chi connectivity index (χ0v) is 14.8. The van der Waals surface area contributed by atoms with Crippen LogP contribution in [-0.2, 0) is 12.8 Å². The van der Waals surface area contributed by atoms with Gasteiger partial charge in [0.25, 0.3) is 0 Å². The lowest BCUT2D eigenvalue weighted by atomic mass is 9.89. The minimum Gasteiger partial charge on any atom is -0.371 e. The van der Waals surface area contributed by atoms with Crippen molar-refractivity contribution in [2.24, 2.45) is 0 Å². The molecule has 0 fully saturated rings. The quantitative estimate of drug-likeness (QED) is 0.680. The number of nitrogens with zero attached hydrogens (tertiary/aromatic N) is 3. The molecule has 0 atom stereocenters. The first-order valence-corrected chi connectivity index (χ1v) is 9.44. The molecule has 4 heteroatoms. The van der Waals surface area contributed by atoms with Gasteiger partial charge >= 0.3 is 0 Å². The van der Waals surface area contributed by atoms with Gasteiger partial charge in [-0.05, 0) is 55.4 Å². The second kappa shape index (κ2) is 6.76. The lowest BCUT2D eigenvalue weighted by Gasteiger charge is -2.23. The molecule has 3 aromatic rings. The lowest BCUT2D eigenvalue weighted by Crippen LogP contribution is -2.15. The van der Waals surface area contributed by atoms with Crippen LogP contribution in [-0.4, -0.2) is 15.9 Å². The summed E-state index contributed by atoms with van der Waals surface area (Å²) in [4.78, 5) is 4.80. The summed E-state index contributed by atoms with van der Waals surface area (Å²) in [6.45, 7) is 3.19. The van der Waals surface area contributed by atoms with E-state index in [1.807, 2.05) is 18.2 Å². The molecule has 1 aliphatic carbocycles. The molecule has 1 aromatic carbocycles. The lowest BCUT2D eigenvalue weighted by molar-refractivity contribution is 0.679. The van der Waals surface area contributed by atoms with Gasteiger partial charge < -0.3 is 5.32 Å². The average molecular weight is 332 g/mol. The van der Waals surface area contributed by atoms with E-state index >= 15 is 0 Å². The molecule has 1 N–H and O–H groups in total. The number of anilines is 1. The van der Waals surface area contributed by atoms with Gasteiger partial charge in [0.2, 0.25) is 0 Å². The van der Waals surface area contributed by atoms with Crippen LogP contribution >= 0.6 is 0 Å².